The maximum atomic E-state index is 5.94. The van der Waals surface area contributed by atoms with Crippen molar-refractivity contribution in [2.45, 2.75) is 50.0 Å². The fourth-order valence-corrected chi connectivity index (χ4v) is 4.88. The van der Waals surface area contributed by atoms with Crippen LogP contribution in [-0.4, -0.2) is 67.8 Å². The summed E-state index contributed by atoms with van der Waals surface area (Å²) < 4.78 is 5.94. The first-order chi connectivity index (χ1) is 11.7. The van der Waals surface area contributed by atoms with Gasteiger partial charge in [-0.15, -0.1) is 0 Å². The smallest absolute Gasteiger partial charge is 0.0789 e. The lowest BCUT2D eigenvalue weighted by Gasteiger charge is -2.52. The number of hydrogen-bond acceptors (Lipinski definition) is 4. The fraction of sp³-hybridized carbons (Fsp3) is 0.700. The van der Waals surface area contributed by atoms with E-state index in [-0.39, 0.29) is 0 Å². The van der Waals surface area contributed by atoms with E-state index >= 15 is 0 Å². The van der Waals surface area contributed by atoms with Crippen LogP contribution in [-0.2, 0) is 11.3 Å². The topological polar surface area (TPSA) is 27.7 Å². The van der Waals surface area contributed by atoms with Gasteiger partial charge in [0.25, 0.3) is 0 Å². The highest BCUT2D eigenvalue weighted by atomic mass is 16.5. The number of piperidine rings is 1. The number of likely N-dealkylation sites (N-methyl/N-ethyl adjacent to an activating group) is 1. The minimum absolute atomic E-state index is 0.468. The van der Waals surface area contributed by atoms with Crippen LogP contribution in [0.15, 0.2) is 30.3 Å². The normalized spacial score (nSPS) is 34.3. The van der Waals surface area contributed by atoms with Gasteiger partial charge in [-0.05, 0) is 52.0 Å². The van der Waals surface area contributed by atoms with Gasteiger partial charge in [0, 0.05) is 31.2 Å². The molecule has 1 aromatic rings. The van der Waals surface area contributed by atoms with E-state index in [9.17, 15) is 0 Å². The number of likely N-dealkylation sites (tertiary alicyclic amines) is 1. The first kappa shape index (κ1) is 16.5. The van der Waals surface area contributed by atoms with Crippen LogP contribution in [0.3, 0.4) is 0 Å². The van der Waals surface area contributed by atoms with Gasteiger partial charge in [-0.25, -0.2) is 0 Å². The fourth-order valence-electron chi connectivity index (χ4n) is 4.88. The molecule has 4 atom stereocenters. The van der Waals surface area contributed by atoms with Crippen molar-refractivity contribution in [3.8, 4) is 0 Å². The number of nitrogens with zero attached hydrogens (tertiary/aromatic N) is 2. The zero-order valence-electron chi connectivity index (χ0n) is 15.0. The minimum Gasteiger partial charge on any atom is -0.376 e. The summed E-state index contributed by atoms with van der Waals surface area (Å²) in [6, 6.07) is 12.7. The van der Waals surface area contributed by atoms with Crippen molar-refractivity contribution in [1.82, 2.24) is 15.1 Å². The lowest BCUT2D eigenvalue weighted by atomic mass is 9.70. The Kier molecular flexibility index (Phi) is 4.90. The van der Waals surface area contributed by atoms with Crippen LogP contribution < -0.4 is 5.32 Å². The summed E-state index contributed by atoms with van der Waals surface area (Å²) >= 11 is 0. The molecule has 2 heterocycles. The minimum atomic E-state index is 0.468. The summed E-state index contributed by atoms with van der Waals surface area (Å²) in [6.45, 7) is 4.45. The molecule has 1 aliphatic carbocycles. The average molecular weight is 329 g/mol. The molecule has 132 valence electrons. The molecule has 2 saturated heterocycles. The second-order valence-electron chi connectivity index (χ2n) is 7.97. The molecule has 0 amide bonds. The van der Waals surface area contributed by atoms with Gasteiger partial charge in [0.05, 0.1) is 12.1 Å². The molecule has 1 aromatic carbocycles. The Balaban J connectivity index is 1.27. The molecule has 4 nitrogen and oxygen atoms in total. The molecule has 1 saturated carbocycles. The van der Waals surface area contributed by atoms with Crippen LogP contribution in [0.2, 0.25) is 0 Å². The van der Waals surface area contributed by atoms with Crippen LogP contribution in [0.5, 0.6) is 0 Å². The summed E-state index contributed by atoms with van der Waals surface area (Å²) in [5.74, 6) is 0.736. The van der Waals surface area contributed by atoms with E-state index in [1.807, 2.05) is 0 Å². The summed E-state index contributed by atoms with van der Waals surface area (Å²) in [6.07, 6.45) is 4.24. The number of hydrogen-bond donors (Lipinski definition) is 1. The lowest BCUT2D eigenvalue weighted by molar-refractivity contribution is -0.0739. The Morgan fingerprint density at radius 2 is 1.88 bits per heavy atom. The van der Waals surface area contributed by atoms with Crippen molar-refractivity contribution < 1.29 is 4.74 Å². The zero-order valence-corrected chi connectivity index (χ0v) is 15.0. The first-order valence-electron chi connectivity index (χ1n) is 9.53. The van der Waals surface area contributed by atoms with E-state index in [1.54, 1.807) is 0 Å². The molecule has 0 radical (unpaired) electrons. The van der Waals surface area contributed by atoms with Gasteiger partial charge in [-0.2, -0.15) is 0 Å². The summed E-state index contributed by atoms with van der Waals surface area (Å²) in [5.41, 5.74) is 1.43. The summed E-state index contributed by atoms with van der Waals surface area (Å²) in [7, 11) is 4.39. The van der Waals surface area contributed by atoms with Crippen LogP contribution in [0.4, 0.5) is 0 Å². The van der Waals surface area contributed by atoms with Crippen LogP contribution >= 0.6 is 0 Å². The van der Waals surface area contributed by atoms with Crippen molar-refractivity contribution in [2.24, 2.45) is 5.92 Å². The molecule has 3 aliphatic rings. The highest BCUT2D eigenvalue weighted by molar-refractivity contribution is 5.15. The van der Waals surface area contributed by atoms with Gasteiger partial charge in [0.15, 0.2) is 0 Å². The van der Waals surface area contributed by atoms with Crippen molar-refractivity contribution in [1.29, 1.82) is 0 Å². The molecule has 1 N–H and O–H groups in total. The molecule has 4 rings (SSSR count). The molecule has 4 heteroatoms. The third kappa shape index (κ3) is 3.25. The number of fused-ring (bicyclic) bond motifs is 1. The summed E-state index contributed by atoms with van der Waals surface area (Å²) in [4.78, 5) is 4.95. The predicted molar refractivity (Wildman–Crippen MR) is 97.0 cm³/mol. The maximum Gasteiger partial charge on any atom is 0.0789 e. The molecule has 3 fully saturated rings. The molecule has 0 unspecified atom stereocenters. The number of rotatable bonds is 5. The zero-order chi connectivity index (χ0) is 16.5. The monoisotopic (exact) mass is 329 g/mol. The number of ether oxygens (including phenoxy) is 1. The van der Waals surface area contributed by atoms with Gasteiger partial charge in [0.2, 0.25) is 0 Å². The van der Waals surface area contributed by atoms with E-state index in [0.717, 1.165) is 19.1 Å². The third-order valence-electron chi connectivity index (χ3n) is 6.21. The number of nitrogens with one attached hydrogen (secondary N) is 1. The Bertz CT molecular complexity index is 527. The van der Waals surface area contributed by atoms with Crippen LogP contribution in [0, 0.1) is 5.92 Å². The van der Waals surface area contributed by atoms with Crippen molar-refractivity contribution in [2.75, 3.05) is 33.8 Å². The predicted octanol–water partition coefficient (Wildman–Crippen LogP) is 1.96. The highest BCUT2D eigenvalue weighted by Gasteiger charge is 2.55. The van der Waals surface area contributed by atoms with E-state index < -0.39 is 0 Å². The van der Waals surface area contributed by atoms with Crippen molar-refractivity contribution in [3.63, 3.8) is 0 Å². The standard InChI is InChI=1S/C20H31N3O/c1-22(2)19-18(17-10-13-24-20(17)19)21-16-8-11-23(12-9-16)14-15-6-4-3-5-7-15/h3-7,16-21H,8-14H2,1-2H3/t17-,18+,19-,20-/m1/s1. The summed E-state index contributed by atoms with van der Waals surface area (Å²) in [5, 5.41) is 3.99. The van der Waals surface area contributed by atoms with E-state index in [4.69, 9.17) is 4.74 Å². The SMILES string of the molecule is CN(C)[C@@H]1[C@@H](NC2CCN(Cc3ccccc3)CC2)[C@H]2CCO[C@H]21. The Hall–Kier alpha value is -0.940. The van der Waals surface area contributed by atoms with Crippen molar-refractivity contribution in [3.05, 3.63) is 35.9 Å². The molecule has 24 heavy (non-hydrogen) atoms. The van der Waals surface area contributed by atoms with E-state index in [2.05, 4.69) is 59.5 Å². The van der Waals surface area contributed by atoms with Gasteiger partial charge in [0.1, 0.15) is 0 Å². The van der Waals surface area contributed by atoms with Gasteiger partial charge in [-0.3, -0.25) is 4.90 Å². The molecule has 2 aliphatic heterocycles. The van der Waals surface area contributed by atoms with Gasteiger partial charge >= 0.3 is 0 Å². The lowest BCUT2D eigenvalue weighted by Crippen LogP contribution is -2.70. The molecule has 0 bridgehead atoms. The second kappa shape index (κ2) is 7.12. The van der Waals surface area contributed by atoms with Gasteiger partial charge in [-0.1, -0.05) is 30.3 Å². The highest BCUT2D eigenvalue weighted by Crippen LogP contribution is 2.41. The van der Waals surface area contributed by atoms with Crippen molar-refractivity contribution >= 4 is 0 Å². The van der Waals surface area contributed by atoms with Crippen LogP contribution in [0.1, 0.15) is 24.8 Å². The van der Waals surface area contributed by atoms with Crippen LogP contribution in [0.25, 0.3) is 0 Å². The largest absolute Gasteiger partial charge is 0.376 e. The molecule has 0 aromatic heterocycles. The molecular weight excluding hydrogens is 298 g/mol. The maximum absolute atomic E-state index is 5.94. The van der Waals surface area contributed by atoms with Gasteiger partial charge < -0.3 is 15.0 Å². The second-order valence-corrected chi connectivity index (χ2v) is 7.97. The van der Waals surface area contributed by atoms with E-state index in [1.165, 1.54) is 37.9 Å². The Morgan fingerprint density at radius 3 is 2.58 bits per heavy atom. The number of benzene rings is 1. The first-order valence-corrected chi connectivity index (χ1v) is 9.53. The van der Waals surface area contributed by atoms with E-state index in [0.29, 0.717) is 24.2 Å². The Morgan fingerprint density at radius 1 is 1.12 bits per heavy atom. The molecular formula is C20H31N3O. The third-order valence-corrected chi connectivity index (χ3v) is 6.21. The Labute approximate surface area is 146 Å². The average Bonchev–Trinajstić information content (AvgIpc) is 2.98. The quantitative estimate of drug-likeness (QED) is 0.894. The molecule has 0 spiro atoms.